The van der Waals surface area contributed by atoms with Crippen LogP contribution in [0.4, 0.5) is 0 Å². The third kappa shape index (κ3) is 11.2. The Kier molecular flexibility index (Phi) is 12.5. The van der Waals surface area contributed by atoms with Crippen LogP contribution in [-0.4, -0.2) is 48.2 Å². The smallest absolute Gasteiger partial charge is 0.145 e. The van der Waals surface area contributed by atoms with Crippen LogP contribution in [0, 0.1) is 0 Å². The molecule has 0 heterocycles. The fraction of sp³-hybridized carbons (Fsp3) is 0.379. The Balaban J connectivity index is 1.68. The number of unbranched alkanes of at least 4 members (excludes halogenated alkanes) is 1. The molecule has 6 nitrogen and oxygen atoms in total. The zero-order valence-electron chi connectivity index (χ0n) is 20.2. The first-order valence-corrected chi connectivity index (χ1v) is 12.0. The average molecular weight is 481 g/mol. The lowest BCUT2D eigenvalue weighted by Gasteiger charge is -2.11. The van der Waals surface area contributed by atoms with Crippen molar-refractivity contribution in [2.24, 2.45) is 0 Å². The SMILES string of the molecule is C=C(C=O)CC(O)CCCCOc1ccc(-c2ccc(OCCCC(O)CC(=C)C=O)cc2)cc1. The van der Waals surface area contributed by atoms with Gasteiger partial charge in [0.25, 0.3) is 0 Å². The summed E-state index contributed by atoms with van der Waals surface area (Å²) in [6.45, 7) is 8.21. The van der Waals surface area contributed by atoms with Crippen LogP contribution in [-0.2, 0) is 9.59 Å². The Bertz CT molecular complexity index is 933. The molecule has 2 unspecified atom stereocenters. The van der Waals surface area contributed by atoms with Gasteiger partial charge in [0.2, 0.25) is 0 Å². The van der Waals surface area contributed by atoms with E-state index in [0.717, 1.165) is 35.5 Å². The van der Waals surface area contributed by atoms with Crippen molar-refractivity contribution in [3.63, 3.8) is 0 Å². The summed E-state index contributed by atoms with van der Waals surface area (Å²) in [5.74, 6) is 1.56. The van der Waals surface area contributed by atoms with E-state index >= 15 is 0 Å². The third-order valence-electron chi connectivity index (χ3n) is 5.52. The highest BCUT2D eigenvalue weighted by molar-refractivity contribution is 5.72. The summed E-state index contributed by atoms with van der Waals surface area (Å²) in [5, 5.41) is 19.7. The van der Waals surface area contributed by atoms with Crippen molar-refractivity contribution in [3.8, 4) is 22.6 Å². The van der Waals surface area contributed by atoms with Gasteiger partial charge in [-0.2, -0.15) is 0 Å². The molecule has 2 aromatic rings. The van der Waals surface area contributed by atoms with E-state index < -0.39 is 12.2 Å². The summed E-state index contributed by atoms with van der Waals surface area (Å²) in [6, 6.07) is 15.7. The van der Waals surface area contributed by atoms with Crippen molar-refractivity contribution in [1.29, 1.82) is 0 Å². The van der Waals surface area contributed by atoms with Crippen LogP contribution >= 0.6 is 0 Å². The predicted octanol–water partition coefficient (Wildman–Crippen LogP) is 5.07. The number of carbonyl (C=O) groups excluding carboxylic acids is 2. The Morgan fingerprint density at radius 1 is 0.686 bits per heavy atom. The molecule has 2 atom stereocenters. The molecule has 0 saturated heterocycles. The molecule has 2 rings (SSSR count). The largest absolute Gasteiger partial charge is 0.494 e. The molecule has 0 aromatic heterocycles. The van der Waals surface area contributed by atoms with E-state index in [-0.39, 0.29) is 0 Å². The molecule has 0 aliphatic rings. The van der Waals surface area contributed by atoms with E-state index in [2.05, 4.69) is 13.2 Å². The molecule has 0 bridgehead atoms. The first-order chi connectivity index (χ1) is 16.9. The summed E-state index contributed by atoms with van der Waals surface area (Å²) in [5.41, 5.74) is 2.96. The van der Waals surface area contributed by atoms with Gasteiger partial charge in [0.15, 0.2) is 0 Å². The summed E-state index contributed by atoms with van der Waals surface area (Å²) in [4.78, 5) is 21.1. The minimum atomic E-state index is -0.571. The van der Waals surface area contributed by atoms with Crippen molar-refractivity contribution in [1.82, 2.24) is 0 Å². The Morgan fingerprint density at radius 2 is 1.09 bits per heavy atom. The number of hydrogen-bond acceptors (Lipinski definition) is 6. The lowest BCUT2D eigenvalue weighted by molar-refractivity contribution is -0.105. The lowest BCUT2D eigenvalue weighted by Crippen LogP contribution is -2.10. The first-order valence-electron chi connectivity index (χ1n) is 12.0. The summed E-state index contributed by atoms with van der Waals surface area (Å²) >= 11 is 0. The molecule has 6 heteroatoms. The van der Waals surface area contributed by atoms with Gasteiger partial charge in [-0.1, -0.05) is 37.4 Å². The highest BCUT2D eigenvalue weighted by Gasteiger charge is 2.07. The molecule has 0 aliphatic heterocycles. The van der Waals surface area contributed by atoms with Gasteiger partial charge >= 0.3 is 0 Å². The minimum Gasteiger partial charge on any atom is -0.494 e. The molecular formula is C29H36O6. The topological polar surface area (TPSA) is 93.1 Å². The second kappa shape index (κ2) is 15.6. The second-order valence-electron chi connectivity index (χ2n) is 8.65. The first kappa shape index (κ1) is 28.0. The fourth-order valence-corrected chi connectivity index (χ4v) is 3.57. The van der Waals surface area contributed by atoms with E-state index in [1.54, 1.807) is 0 Å². The number of benzene rings is 2. The summed E-state index contributed by atoms with van der Waals surface area (Å²) in [6.07, 6.45) is 4.38. The van der Waals surface area contributed by atoms with Gasteiger partial charge in [-0.15, -0.1) is 0 Å². The number of aliphatic hydroxyl groups is 2. The quantitative estimate of drug-likeness (QED) is 0.176. The molecule has 0 saturated carbocycles. The molecule has 0 radical (unpaired) electrons. The van der Waals surface area contributed by atoms with Crippen LogP contribution in [0.15, 0.2) is 72.8 Å². The van der Waals surface area contributed by atoms with Crippen molar-refractivity contribution >= 4 is 12.6 Å². The van der Waals surface area contributed by atoms with E-state index in [9.17, 15) is 19.8 Å². The molecule has 2 N–H and O–H groups in total. The molecule has 0 aliphatic carbocycles. The van der Waals surface area contributed by atoms with Gasteiger partial charge in [-0.05, 0) is 78.6 Å². The molecule has 2 aromatic carbocycles. The number of carbonyl (C=O) groups is 2. The number of hydrogen-bond donors (Lipinski definition) is 2. The average Bonchev–Trinajstić information content (AvgIpc) is 2.87. The van der Waals surface area contributed by atoms with E-state index in [4.69, 9.17) is 9.47 Å². The molecule has 35 heavy (non-hydrogen) atoms. The van der Waals surface area contributed by atoms with Crippen molar-refractivity contribution < 1.29 is 29.3 Å². The van der Waals surface area contributed by atoms with Crippen LogP contribution in [0.25, 0.3) is 11.1 Å². The van der Waals surface area contributed by atoms with E-state index in [1.807, 2.05) is 48.5 Å². The number of ether oxygens (including phenoxy) is 2. The van der Waals surface area contributed by atoms with Gasteiger partial charge in [0, 0.05) is 12.8 Å². The van der Waals surface area contributed by atoms with Gasteiger partial charge in [0.05, 0.1) is 25.4 Å². The lowest BCUT2D eigenvalue weighted by atomic mass is 10.1. The molecule has 0 amide bonds. The summed E-state index contributed by atoms with van der Waals surface area (Å²) < 4.78 is 11.5. The van der Waals surface area contributed by atoms with E-state index in [1.165, 1.54) is 0 Å². The highest BCUT2D eigenvalue weighted by Crippen LogP contribution is 2.25. The monoisotopic (exact) mass is 480 g/mol. The maximum atomic E-state index is 10.6. The fourth-order valence-electron chi connectivity index (χ4n) is 3.57. The van der Waals surface area contributed by atoms with Crippen LogP contribution in [0.2, 0.25) is 0 Å². The molecule has 0 fully saturated rings. The number of rotatable bonds is 18. The highest BCUT2D eigenvalue weighted by atomic mass is 16.5. The van der Waals surface area contributed by atoms with Crippen molar-refractivity contribution in [2.45, 2.75) is 57.2 Å². The second-order valence-corrected chi connectivity index (χ2v) is 8.65. The Morgan fingerprint density at radius 3 is 1.51 bits per heavy atom. The Hall–Kier alpha value is -3.22. The van der Waals surface area contributed by atoms with Crippen LogP contribution < -0.4 is 9.47 Å². The predicted molar refractivity (Wildman–Crippen MR) is 138 cm³/mol. The minimum absolute atomic E-state index is 0.298. The van der Waals surface area contributed by atoms with Gasteiger partial charge in [-0.25, -0.2) is 0 Å². The maximum absolute atomic E-state index is 10.6. The number of aliphatic hydroxyl groups excluding tert-OH is 2. The van der Waals surface area contributed by atoms with Crippen molar-refractivity contribution in [2.75, 3.05) is 13.2 Å². The summed E-state index contributed by atoms with van der Waals surface area (Å²) in [7, 11) is 0. The van der Waals surface area contributed by atoms with Crippen LogP contribution in [0.1, 0.15) is 44.9 Å². The maximum Gasteiger partial charge on any atom is 0.145 e. The Labute approximate surface area is 207 Å². The molecule has 0 spiro atoms. The zero-order chi connectivity index (χ0) is 25.5. The normalized spacial score (nSPS) is 12.4. The van der Waals surface area contributed by atoms with Gasteiger partial charge in [0.1, 0.15) is 24.1 Å². The van der Waals surface area contributed by atoms with E-state index in [0.29, 0.717) is 69.0 Å². The van der Waals surface area contributed by atoms with Gasteiger partial charge in [-0.3, -0.25) is 9.59 Å². The van der Waals surface area contributed by atoms with Crippen molar-refractivity contribution in [3.05, 3.63) is 72.8 Å². The van der Waals surface area contributed by atoms with Gasteiger partial charge < -0.3 is 19.7 Å². The van der Waals surface area contributed by atoms with Crippen LogP contribution in [0.5, 0.6) is 11.5 Å². The molecule has 188 valence electrons. The third-order valence-corrected chi connectivity index (χ3v) is 5.52. The zero-order valence-corrected chi connectivity index (χ0v) is 20.2. The standard InChI is InChI=1S/C29H36O6/c1-22(20-30)18-26(32)6-3-4-16-34-28-12-8-24(9-13-28)25-10-14-29(15-11-25)35-17-5-7-27(33)19-23(2)21-31/h8-15,20-21,26-27,32-33H,1-7,16-19H2. The number of aldehydes is 2. The molecular weight excluding hydrogens is 444 g/mol. The van der Waals surface area contributed by atoms with Crippen LogP contribution in [0.3, 0.4) is 0 Å².